The first-order valence-electron chi connectivity index (χ1n) is 13.4. The van der Waals surface area contributed by atoms with E-state index >= 15 is 0 Å². The van der Waals surface area contributed by atoms with Gasteiger partial charge in [-0.1, -0.05) is 92.2 Å². The molecule has 9 heteroatoms. The van der Waals surface area contributed by atoms with Crippen LogP contribution in [0.25, 0.3) is 33.6 Å². The molecule has 0 unspecified atom stereocenters. The van der Waals surface area contributed by atoms with E-state index in [0.29, 0.717) is 18.4 Å². The van der Waals surface area contributed by atoms with Crippen LogP contribution in [-0.4, -0.2) is 15.0 Å². The van der Waals surface area contributed by atoms with Crippen molar-refractivity contribution in [1.29, 1.82) is 0 Å². The number of fused-ring (bicyclic) bond motifs is 10. The maximum Gasteiger partial charge on any atom is 0.451 e. The number of hydrogen-bond acceptors (Lipinski definition) is 3. The SMILES string of the molecule is CCCc1cc2c(cc1-c1nc(C(F)(F)F)nc(C(F)(F)F)n1)C1(c3ccccc3-c3ccccc31)c1ccccc1-2. The molecule has 0 aliphatic heterocycles. The molecule has 3 nitrogen and oxygen atoms in total. The van der Waals surface area contributed by atoms with Crippen molar-refractivity contribution in [3.05, 3.63) is 124 Å². The maximum atomic E-state index is 13.8. The van der Waals surface area contributed by atoms with E-state index in [4.69, 9.17) is 0 Å². The van der Waals surface area contributed by atoms with Crippen molar-refractivity contribution in [3.8, 4) is 33.6 Å². The summed E-state index contributed by atoms with van der Waals surface area (Å²) >= 11 is 0. The summed E-state index contributed by atoms with van der Waals surface area (Å²) < 4.78 is 82.5. The largest absolute Gasteiger partial charge is 0.451 e. The van der Waals surface area contributed by atoms with Gasteiger partial charge in [0.1, 0.15) is 0 Å². The molecule has 0 saturated carbocycles. The summed E-state index contributed by atoms with van der Waals surface area (Å²) in [6.07, 6.45) is -9.38. The minimum absolute atomic E-state index is 0.128. The van der Waals surface area contributed by atoms with E-state index in [1.54, 1.807) is 6.07 Å². The molecule has 1 heterocycles. The Kier molecular flexibility index (Phi) is 5.64. The van der Waals surface area contributed by atoms with Gasteiger partial charge in [-0.05, 0) is 62.6 Å². The highest BCUT2D eigenvalue weighted by Crippen LogP contribution is 2.63. The van der Waals surface area contributed by atoms with Crippen molar-refractivity contribution in [2.75, 3.05) is 0 Å². The van der Waals surface area contributed by atoms with Crippen molar-refractivity contribution in [3.63, 3.8) is 0 Å². The van der Waals surface area contributed by atoms with Crippen LogP contribution in [0.2, 0.25) is 0 Å². The van der Waals surface area contributed by atoms with E-state index in [-0.39, 0.29) is 5.56 Å². The van der Waals surface area contributed by atoms with Gasteiger partial charge < -0.3 is 0 Å². The smallest absolute Gasteiger partial charge is 0.204 e. The normalized spacial score (nSPS) is 14.5. The van der Waals surface area contributed by atoms with Crippen molar-refractivity contribution >= 4 is 0 Å². The van der Waals surface area contributed by atoms with E-state index in [0.717, 1.165) is 44.5 Å². The van der Waals surface area contributed by atoms with Crippen LogP contribution in [0.15, 0.2) is 84.9 Å². The van der Waals surface area contributed by atoms with Crippen LogP contribution in [-0.2, 0) is 24.2 Å². The molecule has 0 saturated heterocycles. The van der Waals surface area contributed by atoms with Gasteiger partial charge in [0, 0.05) is 5.56 Å². The minimum Gasteiger partial charge on any atom is -0.204 e. The van der Waals surface area contributed by atoms with Crippen molar-refractivity contribution in [2.45, 2.75) is 37.5 Å². The lowest BCUT2D eigenvalue weighted by Gasteiger charge is -2.31. The third-order valence-corrected chi connectivity index (χ3v) is 8.12. The van der Waals surface area contributed by atoms with Gasteiger partial charge in [-0.2, -0.15) is 26.3 Å². The third kappa shape index (κ3) is 3.65. The predicted octanol–water partition coefficient (Wildman–Crippen LogP) is 8.87. The Hall–Kier alpha value is -4.53. The predicted molar refractivity (Wildman–Crippen MR) is 146 cm³/mol. The number of hydrogen-bond donors (Lipinski definition) is 0. The van der Waals surface area contributed by atoms with Crippen molar-refractivity contribution < 1.29 is 26.3 Å². The average molecular weight is 574 g/mol. The molecule has 42 heavy (non-hydrogen) atoms. The summed E-state index contributed by atoms with van der Waals surface area (Å²) in [5.41, 5.74) is 7.50. The Morgan fingerprint density at radius 2 is 1.00 bits per heavy atom. The van der Waals surface area contributed by atoms with Crippen LogP contribution >= 0.6 is 0 Å². The highest BCUT2D eigenvalue weighted by atomic mass is 19.4. The molecule has 0 bridgehead atoms. The van der Waals surface area contributed by atoms with E-state index in [1.807, 2.05) is 85.8 Å². The van der Waals surface area contributed by atoms with Crippen LogP contribution in [0, 0.1) is 0 Å². The van der Waals surface area contributed by atoms with Crippen LogP contribution < -0.4 is 0 Å². The maximum absolute atomic E-state index is 13.8. The topological polar surface area (TPSA) is 38.7 Å². The van der Waals surface area contributed by atoms with Gasteiger partial charge in [0.25, 0.3) is 0 Å². The summed E-state index contributed by atoms with van der Waals surface area (Å²) in [6, 6.07) is 27.4. The molecule has 210 valence electrons. The van der Waals surface area contributed by atoms with Crippen molar-refractivity contribution in [1.82, 2.24) is 15.0 Å². The monoisotopic (exact) mass is 573 g/mol. The average Bonchev–Trinajstić information content (AvgIpc) is 3.43. The second-order valence-electron chi connectivity index (χ2n) is 10.5. The molecule has 0 radical (unpaired) electrons. The molecular formula is C33H21F6N3. The number of benzene rings is 4. The van der Waals surface area contributed by atoms with Crippen LogP contribution in [0.5, 0.6) is 0 Å². The lowest BCUT2D eigenvalue weighted by Crippen LogP contribution is -2.26. The standard InChI is InChI=1S/C33H21F6N3/c1-2-9-18-16-23-21-12-5-8-15-26(21)31(24-13-6-3-10-19(24)20-11-4-7-14-25(20)31)27(23)17-22(18)28-40-29(32(34,35)36)42-30(41-28)33(37,38)39/h3-8,10-17H,2,9H2,1H3. The second kappa shape index (κ2) is 8.98. The summed E-state index contributed by atoms with van der Waals surface area (Å²) in [7, 11) is 0. The molecule has 4 aromatic carbocycles. The zero-order chi connectivity index (χ0) is 29.4. The molecule has 1 spiro atoms. The van der Waals surface area contributed by atoms with Gasteiger partial charge in [-0.3, -0.25) is 0 Å². The zero-order valence-corrected chi connectivity index (χ0v) is 22.1. The molecule has 2 aliphatic rings. The molecule has 0 atom stereocenters. The van der Waals surface area contributed by atoms with Crippen molar-refractivity contribution in [2.24, 2.45) is 0 Å². The number of halogens is 6. The Morgan fingerprint density at radius 3 is 1.45 bits per heavy atom. The van der Waals surface area contributed by atoms with Gasteiger partial charge in [0.15, 0.2) is 5.82 Å². The van der Waals surface area contributed by atoms with Gasteiger partial charge in [0.2, 0.25) is 11.6 Å². The first-order chi connectivity index (χ1) is 20.0. The van der Waals surface area contributed by atoms with Gasteiger partial charge in [-0.15, -0.1) is 0 Å². The molecule has 5 aromatic rings. The number of rotatable bonds is 3. The summed E-state index contributed by atoms with van der Waals surface area (Å²) in [6.45, 7) is 1.89. The Morgan fingerprint density at radius 1 is 0.548 bits per heavy atom. The van der Waals surface area contributed by atoms with E-state index in [9.17, 15) is 26.3 Å². The van der Waals surface area contributed by atoms with Crippen LogP contribution in [0.1, 0.15) is 52.8 Å². The first-order valence-corrected chi connectivity index (χ1v) is 13.4. The molecule has 0 N–H and O–H groups in total. The molecular weight excluding hydrogens is 552 g/mol. The van der Waals surface area contributed by atoms with E-state index in [2.05, 4.69) is 15.0 Å². The third-order valence-electron chi connectivity index (χ3n) is 8.12. The molecule has 1 aromatic heterocycles. The molecule has 0 amide bonds. The molecule has 7 rings (SSSR count). The van der Waals surface area contributed by atoms with E-state index in [1.165, 1.54) is 0 Å². The fraction of sp³-hybridized carbons (Fsp3) is 0.182. The summed E-state index contributed by atoms with van der Waals surface area (Å²) in [5, 5.41) is 0. The molecule has 0 fully saturated rings. The Balaban J connectivity index is 1.60. The number of alkyl halides is 6. The van der Waals surface area contributed by atoms with Gasteiger partial charge >= 0.3 is 12.4 Å². The highest BCUT2D eigenvalue weighted by Gasteiger charge is 2.52. The zero-order valence-electron chi connectivity index (χ0n) is 22.1. The quantitative estimate of drug-likeness (QED) is 0.198. The second-order valence-corrected chi connectivity index (χ2v) is 10.5. The Bertz CT molecular complexity index is 1810. The Labute approximate surface area is 236 Å². The van der Waals surface area contributed by atoms with Crippen LogP contribution in [0.3, 0.4) is 0 Å². The van der Waals surface area contributed by atoms with Gasteiger partial charge in [-0.25, -0.2) is 15.0 Å². The van der Waals surface area contributed by atoms with Gasteiger partial charge in [0.05, 0.1) is 5.41 Å². The number of nitrogens with zero attached hydrogens (tertiary/aromatic N) is 3. The van der Waals surface area contributed by atoms with E-state index < -0.39 is 35.2 Å². The number of aromatic nitrogens is 3. The highest BCUT2D eigenvalue weighted by molar-refractivity contribution is 5.96. The summed E-state index contributed by atoms with van der Waals surface area (Å²) in [5.74, 6) is -4.41. The first kappa shape index (κ1) is 26.4. The lowest BCUT2D eigenvalue weighted by atomic mass is 9.70. The van der Waals surface area contributed by atoms with Crippen LogP contribution in [0.4, 0.5) is 26.3 Å². The lowest BCUT2D eigenvalue weighted by molar-refractivity contribution is -0.155. The fourth-order valence-electron chi connectivity index (χ4n) is 6.62. The summed E-state index contributed by atoms with van der Waals surface area (Å²) in [4.78, 5) is 9.87. The molecule has 2 aliphatic carbocycles. The fourth-order valence-corrected chi connectivity index (χ4v) is 6.62. The minimum atomic E-state index is -5.19. The number of aryl methyl sites for hydroxylation is 1.